The lowest BCUT2D eigenvalue weighted by Crippen LogP contribution is -2.21. The molecule has 74 valence electrons. The molecule has 0 spiro atoms. The van der Waals surface area contributed by atoms with Crippen molar-refractivity contribution in [2.45, 2.75) is 6.92 Å². The first kappa shape index (κ1) is 10.6. The summed E-state index contributed by atoms with van der Waals surface area (Å²) in [5.74, 6) is 1.65. The number of carboxylic acid groups (broad SMARTS) is 1. The molecule has 3 nitrogen and oxygen atoms in total. The summed E-state index contributed by atoms with van der Waals surface area (Å²) in [5.41, 5.74) is 0. The monoisotopic (exact) mass is 209 g/mol. The van der Waals surface area contributed by atoms with E-state index in [1.165, 1.54) is 11.3 Å². The summed E-state index contributed by atoms with van der Waals surface area (Å²) in [7, 11) is 0. The molecule has 1 aromatic heterocycles. The fraction of sp³-hybridized carbons (Fsp3) is 0.300. The molecule has 0 amide bonds. The molecule has 14 heavy (non-hydrogen) atoms. The third-order valence-electron chi connectivity index (χ3n) is 1.78. The molecule has 0 radical (unpaired) electrons. The highest BCUT2D eigenvalue weighted by Gasteiger charge is 2.10. The van der Waals surface area contributed by atoms with E-state index in [-0.39, 0.29) is 0 Å². The van der Waals surface area contributed by atoms with Gasteiger partial charge in [0.1, 0.15) is 4.88 Å². The maximum absolute atomic E-state index is 10.6. The summed E-state index contributed by atoms with van der Waals surface area (Å²) in [6, 6.07) is 3.39. The second-order valence-electron chi connectivity index (χ2n) is 2.66. The minimum atomic E-state index is -0.891. The van der Waals surface area contributed by atoms with Crippen molar-refractivity contribution in [2.24, 2.45) is 0 Å². The van der Waals surface area contributed by atoms with Crippen molar-refractivity contribution in [1.82, 2.24) is 0 Å². The lowest BCUT2D eigenvalue weighted by atomic mass is 10.4. The van der Waals surface area contributed by atoms with Gasteiger partial charge in [-0.25, -0.2) is 4.79 Å². The van der Waals surface area contributed by atoms with Crippen LogP contribution < -0.4 is 4.90 Å². The van der Waals surface area contributed by atoms with Crippen molar-refractivity contribution >= 4 is 22.3 Å². The number of thiophene rings is 1. The Morgan fingerprint density at radius 1 is 1.71 bits per heavy atom. The molecule has 0 fully saturated rings. The van der Waals surface area contributed by atoms with Crippen LogP contribution in [0.4, 0.5) is 5.00 Å². The molecule has 0 aliphatic rings. The summed E-state index contributed by atoms with van der Waals surface area (Å²) < 4.78 is 0. The standard InChI is InChI=1S/C10H11NO2S/c1-3-7-11(4-2)9-6-5-8(14-9)10(12)13/h1,5-6H,4,7H2,2H3,(H,12,13). The van der Waals surface area contributed by atoms with Crippen LogP contribution in [0.3, 0.4) is 0 Å². The Bertz CT molecular complexity index is 364. The van der Waals surface area contributed by atoms with Gasteiger partial charge in [0.05, 0.1) is 11.5 Å². The van der Waals surface area contributed by atoms with Crippen LogP contribution >= 0.6 is 11.3 Å². The Balaban J connectivity index is 2.84. The first-order valence-electron chi connectivity index (χ1n) is 4.20. The molecule has 0 saturated carbocycles. The van der Waals surface area contributed by atoms with Gasteiger partial charge in [0.25, 0.3) is 0 Å². The van der Waals surface area contributed by atoms with Crippen molar-refractivity contribution < 1.29 is 9.90 Å². The highest BCUT2D eigenvalue weighted by atomic mass is 32.1. The van der Waals surface area contributed by atoms with Gasteiger partial charge in [0.2, 0.25) is 0 Å². The first-order chi connectivity index (χ1) is 6.69. The molecule has 0 aliphatic heterocycles. The molecule has 1 rings (SSSR count). The van der Waals surface area contributed by atoms with Gasteiger partial charge in [-0.1, -0.05) is 5.92 Å². The van der Waals surface area contributed by atoms with Crippen LogP contribution in [-0.2, 0) is 0 Å². The summed E-state index contributed by atoms with van der Waals surface area (Å²) >= 11 is 1.24. The number of nitrogens with zero attached hydrogens (tertiary/aromatic N) is 1. The Morgan fingerprint density at radius 3 is 2.86 bits per heavy atom. The maximum atomic E-state index is 10.6. The van der Waals surface area contributed by atoms with E-state index in [0.29, 0.717) is 11.4 Å². The van der Waals surface area contributed by atoms with Gasteiger partial charge in [0.15, 0.2) is 0 Å². The third-order valence-corrected chi connectivity index (χ3v) is 2.91. The van der Waals surface area contributed by atoms with Crippen LogP contribution in [0.5, 0.6) is 0 Å². The van der Waals surface area contributed by atoms with Gasteiger partial charge < -0.3 is 10.0 Å². The van der Waals surface area contributed by atoms with Crippen molar-refractivity contribution in [1.29, 1.82) is 0 Å². The summed E-state index contributed by atoms with van der Waals surface area (Å²) in [6.07, 6.45) is 5.21. The van der Waals surface area contributed by atoms with E-state index in [2.05, 4.69) is 5.92 Å². The predicted molar refractivity (Wildman–Crippen MR) is 58.0 cm³/mol. The Labute approximate surface area is 87.0 Å². The lowest BCUT2D eigenvalue weighted by molar-refractivity contribution is 0.0702. The smallest absolute Gasteiger partial charge is 0.345 e. The lowest BCUT2D eigenvalue weighted by Gasteiger charge is -2.17. The quantitative estimate of drug-likeness (QED) is 0.770. The van der Waals surface area contributed by atoms with Crippen molar-refractivity contribution in [3.63, 3.8) is 0 Å². The van der Waals surface area contributed by atoms with E-state index in [0.717, 1.165) is 11.5 Å². The zero-order valence-electron chi connectivity index (χ0n) is 7.86. The molecule has 0 atom stereocenters. The van der Waals surface area contributed by atoms with Crippen molar-refractivity contribution in [3.8, 4) is 12.3 Å². The average Bonchev–Trinajstić information content (AvgIpc) is 2.63. The number of carboxylic acids is 1. The third kappa shape index (κ3) is 2.27. The van der Waals surface area contributed by atoms with Gasteiger partial charge in [0, 0.05) is 6.54 Å². The molecule has 1 N–H and O–H groups in total. The van der Waals surface area contributed by atoms with Crippen LogP contribution in [-0.4, -0.2) is 24.2 Å². The van der Waals surface area contributed by atoms with E-state index < -0.39 is 5.97 Å². The molecule has 1 aromatic rings. The zero-order chi connectivity index (χ0) is 10.6. The van der Waals surface area contributed by atoms with Crippen molar-refractivity contribution in [2.75, 3.05) is 18.0 Å². The maximum Gasteiger partial charge on any atom is 0.345 e. The molecular weight excluding hydrogens is 198 g/mol. The summed E-state index contributed by atoms with van der Waals surface area (Å²) in [6.45, 7) is 3.28. The van der Waals surface area contributed by atoms with Crippen LogP contribution in [0, 0.1) is 12.3 Å². The normalized spacial score (nSPS) is 9.43. The van der Waals surface area contributed by atoms with Gasteiger partial charge in [-0.15, -0.1) is 17.8 Å². The molecule has 1 heterocycles. The zero-order valence-corrected chi connectivity index (χ0v) is 8.67. The van der Waals surface area contributed by atoms with Gasteiger partial charge in [-0.05, 0) is 19.1 Å². The Hall–Kier alpha value is -1.47. The Morgan fingerprint density at radius 2 is 2.43 bits per heavy atom. The Kier molecular flexibility index (Phi) is 3.55. The predicted octanol–water partition coefficient (Wildman–Crippen LogP) is 1.91. The summed E-state index contributed by atoms with van der Waals surface area (Å²) in [4.78, 5) is 12.9. The average molecular weight is 209 g/mol. The number of aromatic carboxylic acids is 1. The van der Waals surface area contributed by atoms with Crippen LogP contribution in [0.2, 0.25) is 0 Å². The number of hydrogen-bond donors (Lipinski definition) is 1. The van der Waals surface area contributed by atoms with Gasteiger partial charge >= 0.3 is 5.97 Å². The molecular formula is C10H11NO2S. The molecule has 0 saturated heterocycles. The molecule has 0 bridgehead atoms. The molecule has 0 aromatic carbocycles. The van der Waals surface area contributed by atoms with Gasteiger partial charge in [-0.2, -0.15) is 0 Å². The number of anilines is 1. The second-order valence-corrected chi connectivity index (χ2v) is 3.72. The van der Waals surface area contributed by atoms with Gasteiger partial charge in [-0.3, -0.25) is 0 Å². The highest BCUT2D eigenvalue weighted by Crippen LogP contribution is 2.25. The molecule has 0 aliphatic carbocycles. The minimum Gasteiger partial charge on any atom is -0.477 e. The minimum absolute atomic E-state index is 0.343. The van der Waals surface area contributed by atoms with Crippen LogP contribution in [0.15, 0.2) is 12.1 Å². The van der Waals surface area contributed by atoms with E-state index in [9.17, 15) is 4.79 Å². The fourth-order valence-electron chi connectivity index (χ4n) is 1.07. The van der Waals surface area contributed by atoms with E-state index in [1.807, 2.05) is 11.8 Å². The number of hydrogen-bond acceptors (Lipinski definition) is 3. The van der Waals surface area contributed by atoms with E-state index in [4.69, 9.17) is 11.5 Å². The largest absolute Gasteiger partial charge is 0.477 e. The second kappa shape index (κ2) is 4.68. The van der Waals surface area contributed by atoms with E-state index in [1.54, 1.807) is 12.1 Å². The fourth-order valence-corrected chi connectivity index (χ4v) is 1.98. The highest BCUT2D eigenvalue weighted by molar-refractivity contribution is 7.17. The number of rotatable bonds is 4. The summed E-state index contributed by atoms with van der Waals surface area (Å²) in [5, 5.41) is 9.64. The molecule has 4 heteroatoms. The van der Waals surface area contributed by atoms with Crippen molar-refractivity contribution in [3.05, 3.63) is 17.0 Å². The number of carbonyl (C=O) groups is 1. The molecule has 0 unspecified atom stereocenters. The number of terminal acetylenes is 1. The van der Waals surface area contributed by atoms with Crippen LogP contribution in [0.1, 0.15) is 16.6 Å². The SMILES string of the molecule is C#CCN(CC)c1ccc(C(=O)O)s1. The first-order valence-corrected chi connectivity index (χ1v) is 5.02. The van der Waals surface area contributed by atoms with Crippen LogP contribution in [0.25, 0.3) is 0 Å². The van der Waals surface area contributed by atoms with E-state index >= 15 is 0 Å². The topological polar surface area (TPSA) is 40.5 Å².